The van der Waals surface area contributed by atoms with E-state index in [0.717, 1.165) is 6.66 Å². The molecule has 2 heterocycles. The molecule has 0 spiro atoms. The molecule has 118 valence electrons. The van der Waals surface area contributed by atoms with E-state index in [1.165, 1.54) is 10.8 Å². The smallest absolute Gasteiger partial charge is 0.351 e. The van der Waals surface area contributed by atoms with Gasteiger partial charge in [0.25, 0.3) is 0 Å². The van der Waals surface area contributed by atoms with Crippen LogP contribution < -0.4 is 11.4 Å². The second-order valence-electron chi connectivity index (χ2n) is 5.03. The second-order valence-corrected chi connectivity index (χ2v) is 6.89. The molecule has 0 bridgehead atoms. The van der Waals surface area contributed by atoms with Gasteiger partial charge in [-0.3, -0.25) is 9.13 Å². The highest BCUT2D eigenvalue weighted by Crippen LogP contribution is 2.38. The van der Waals surface area contributed by atoms with Crippen LogP contribution in [0.4, 0.5) is 5.82 Å². The fraction of sp³-hybridized carbons (Fsp3) is 0.636. The Morgan fingerprint density at radius 3 is 2.95 bits per heavy atom. The van der Waals surface area contributed by atoms with Gasteiger partial charge in [0, 0.05) is 24.8 Å². The molecule has 1 fully saturated rings. The minimum absolute atomic E-state index is 0.141. The standard InChI is InChI=1S/C11H18N3O6P/c1-6-4-14(11(16)13-10(6)12)9-3-7(15)8(20-9)5-19-21(2,17)18/h4,7-9,15H,3,5H2,1-2H3,(H,17,18)(H2,12,13,16)/t7?,8-,9-/m1/s1. The van der Waals surface area contributed by atoms with Crippen LogP contribution in [0.25, 0.3) is 0 Å². The molecule has 0 radical (unpaired) electrons. The third-order valence-corrected chi connectivity index (χ3v) is 3.79. The van der Waals surface area contributed by atoms with Crippen LogP contribution in [-0.2, 0) is 13.8 Å². The molecule has 4 atom stereocenters. The number of hydrogen-bond acceptors (Lipinski definition) is 7. The van der Waals surface area contributed by atoms with Crippen LogP contribution in [0.3, 0.4) is 0 Å². The van der Waals surface area contributed by atoms with E-state index in [2.05, 4.69) is 4.98 Å². The third-order valence-electron chi connectivity index (χ3n) is 3.17. The Bertz CT molecular complexity index is 627. The predicted octanol–water partition coefficient (Wildman–Crippen LogP) is -0.386. The first-order chi connectivity index (χ1) is 9.67. The third kappa shape index (κ3) is 3.90. The van der Waals surface area contributed by atoms with Gasteiger partial charge in [0.1, 0.15) is 18.1 Å². The normalized spacial score (nSPS) is 28.5. The maximum Gasteiger partial charge on any atom is 0.351 e. The van der Waals surface area contributed by atoms with Gasteiger partial charge in [-0.1, -0.05) is 0 Å². The molecule has 21 heavy (non-hydrogen) atoms. The van der Waals surface area contributed by atoms with Gasteiger partial charge in [-0.25, -0.2) is 4.79 Å². The second kappa shape index (κ2) is 5.86. The van der Waals surface area contributed by atoms with Gasteiger partial charge in [-0.05, 0) is 6.92 Å². The van der Waals surface area contributed by atoms with Crippen molar-refractivity contribution in [2.24, 2.45) is 0 Å². The number of nitrogen functional groups attached to an aromatic ring is 1. The van der Waals surface area contributed by atoms with Gasteiger partial charge in [-0.15, -0.1) is 0 Å². The lowest BCUT2D eigenvalue weighted by molar-refractivity contribution is -0.0421. The summed E-state index contributed by atoms with van der Waals surface area (Å²) in [5.41, 5.74) is 5.57. The lowest BCUT2D eigenvalue weighted by atomic mass is 10.2. The molecular weight excluding hydrogens is 301 g/mol. The number of aliphatic hydroxyl groups excluding tert-OH is 1. The summed E-state index contributed by atoms with van der Waals surface area (Å²) in [5.74, 6) is 0.141. The number of aliphatic hydroxyl groups is 1. The fourth-order valence-corrected chi connectivity index (χ4v) is 2.46. The van der Waals surface area contributed by atoms with Crippen LogP contribution in [0.1, 0.15) is 18.2 Å². The highest BCUT2D eigenvalue weighted by molar-refractivity contribution is 7.51. The monoisotopic (exact) mass is 319 g/mol. The predicted molar refractivity (Wildman–Crippen MR) is 73.9 cm³/mol. The van der Waals surface area contributed by atoms with Crippen molar-refractivity contribution in [2.45, 2.75) is 31.8 Å². The van der Waals surface area contributed by atoms with Gasteiger partial charge in [0.05, 0.1) is 12.7 Å². The maximum atomic E-state index is 11.8. The molecular formula is C11H18N3O6P. The van der Waals surface area contributed by atoms with Crippen molar-refractivity contribution in [2.75, 3.05) is 19.0 Å². The molecule has 1 aliphatic rings. The van der Waals surface area contributed by atoms with E-state index in [1.54, 1.807) is 6.92 Å². The van der Waals surface area contributed by atoms with Crippen LogP contribution >= 0.6 is 7.60 Å². The molecule has 0 aliphatic carbocycles. The number of nitrogens with two attached hydrogens (primary N) is 1. The zero-order valence-corrected chi connectivity index (χ0v) is 12.6. The fourth-order valence-electron chi connectivity index (χ4n) is 2.03. The van der Waals surface area contributed by atoms with Crippen molar-refractivity contribution in [1.29, 1.82) is 0 Å². The minimum atomic E-state index is -3.65. The number of anilines is 1. The highest BCUT2D eigenvalue weighted by atomic mass is 31.2. The van der Waals surface area contributed by atoms with Crippen molar-refractivity contribution in [1.82, 2.24) is 9.55 Å². The molecule has 0 saturated carbocycles. The Kier molecular flexibility index (Phi) is 4.50. The zero-order chi connectivity index (χ0) is 15.8. The Balaban J connectivity index is 2.12. The summed E-state index contributed by atoms with van der Waals surface area (Å²) in [4.78, 5) is 24.5. The average molecular weight is 319 g/mol. The van der Waals surface area contributed by atoms with E-state index in [1.807, 2.05) is 0 Å². The maximum absolute atomic E-state index is 11.8. The molecule has 1 aliphatic heterocycles. The molecule has 0 aromatic carbocycles. The summed E-state index contributed by atoms with van der Waals surface area (Å²) in [6.07, 6.45) is -0.769. The summed E-state index contributed by atoms with van der Waals surface area (Å²) < 4.78 is 22.6. The van der Waals surface area contributed by atoms with E-state index < -0.39 is 31.7 Å². The van der Waals surface area contributed by atoms with E-state index in [4.69, 9.17) is 19.9 Å². The van der Waals surface area contributed by atoms with Gasteiger partial charge in [0.2, 0.25) is 0 Å². The van der Waals surface area contributed by atoms with Crippen LogP contribution in [0.5, 0.6) is 0 Å². The zero-order valence-electron chi connectivity index (χ0n) is 11.7. The number of aromatic nitrogens is 2. The molecule has 1 aromatic heterocycles. The first-order valence-corrected chi connectivity index (χ1v) is 8.33. The topological polar surface area (TPSA) is 137 Å². The molecule has 1 aromatic rings. The first-order valence-electron chi connectivity index (χ1n) is 6.31. The molecule has 4 N–H and O–H groups in total. The van der Waals surface area contributed by atoms with Gasteiger partial charge >= 0.3 is 13.3 Å². The lowest BCUT2D eigenvalue weighted by Gasteiger charge is -2.17. The molecule has 0 amide bonds. The summed E-state index contributed by atoms with van der Waals surface area (Å²) in [7, 11) is -3.65. The quantitative estimate of drug-likeness (QED) is 0.638. The van der Waals surface area contributed by atoms with Gasteiger partial charge in [0.15, 0.2) is 0 Å². The molecule has 2 unspecified atom stereocenters. The van der Waals surface area contributed by atoms with E-state index in [9.17, 15) is 14.5 Å². The Hall–Kier alpha value is -1.25. The molecule has 2 rings (SSSR count). The number of aryl methyl sites for hydroxylation is 1. The van der Waals surface area contributed by atoms with E-state index >= 15 is 0 Å². The summed E-state index contributed by atoms with van der Waals surface area (Å²) in [6, 6.07) is 0. The number of hydrogen-bond donors (Lipinski definition) is 3. The van der Waals surface area contributed by atoms with Crippen molar-refractivity contribution in [3.05, 3.63) is 22.2 Å². The molecule has 9 nitrogen and oxygen atoms in total. The van der Waals surface area contributed by atoms with Gasteiger partial charge in [-0.2, -0.15) is 4.98 Å². The lowest BCUT2D eigenvalue weighted by Crippen LogP contribution is -2.29. The van der Waals surface area contributed by atoms with Crippen molar-refractivity contribution >= 4 is 13.4 Å². The Morgan fingerprint density at radius 2 is 2.33 bits per heavy atom. The summed E-state index contributed by atoms with van der Waals surface area (Å²) >= 11 is 0. The number of nitrogens with zero attached hydrogens (tertiary/aromatic N) is 2. The number of ether oxygens (including phenoxy) is 1. The highest BCUT2D eigenvalue weighted by Gasteiger charge is 2.36. The Labute approximate surface area is 120 Å². The van der Waals surface area contributed by atoms with Crippen molar-refractivity contribution in [3.8, 4) is 0 Å². The summed E-state index contributed by atoms with van der Waals surface area (Å²) in [5, 5.41) is 9.90. The molecule has 10 heteroatoms. The van der Waals surface area contributed by atoms with Gasteiger partial charge < -0.3 is 25.0 Å². The largest absolute Gasteiger partial charge is 0.390 e. The van der Waals surface area contributed by atoms with Crippen molar-refractivity contribution in [3.63, 3.8) is 0 Å². The minimum Gasteiger partial charge on any atom is -0.390 e. The SMILES string of the molecule is Cc1cn([C@H]2CC(O)[C@@H](COP(C)(=O)O)O2)c(=O)nc1N. The molecule has 1 saturated heterocycles. The first kappa shape index (κ1) is 16.1. The van der Waals surface area contributed by atoms with E-state index in [-0.39, 0.29) is 18.8 Å². The van der Waals surface area contributed by atoms with Crippen molar-refractivity contribution < 1.29 is 23.8 Å². The Morgan fingerprint density at radius 1 is 1.67 bits per heavy atom. The van der Waals surface area contributed by atoms with Crippen LogP contribution in [0, 0.1) is 6.92 Å². The average Bonchev–Trinajstić information content (AvgIpc) is 2.72. The van der Waals surface area contributed by atoms with E-state index in [0.29, 0.717) is 5.56 Å². The van der Waals surface area contributed by atoms with Crippen LogP contribution in [0.15, 0.2) is 11.0 Å². The summed E-state index contributed by atoms with van der Waals surface area (Å²) in [6.45, 7) is 2.50. The van der Waals surface area contributed by atoms with Crippen LogP contribution in [-0.4, -0.2) is 45.0 Å². The van der Waals surface area contributed by atoms with Crippen LogP contribution in [0.2, 0.25) is 0 Å². The number of rotatable bonds is 4.